The van der Waals surface area contributed by atoms with Crippen LogP contribution in [0.2, 0.25) is 0 Å². The lowest BCUT2D eigenvalue weighted by atomic mass is 9.99. The monoisotopic (exact) mass is 191 g/mol. The summed E-state index contributed by atoms with van der Waals surface area (Å²) in [6, 6.07) is 10.4. The predicted octanol–water partition coefficient (Wildman–Crippen LogP) is 2.13. The number of hydrogen-bond acceptors (Lipinski definition) is 2. The van der Waals surface area contributed by atoms with Crippen LogP contribution in [0.3, 0.4) is 0 Å². The van der Waals surface area contributed by atoms with Crippen molar-refractivity contribution in [1.29, 1.82) is 0 Å². The number of ether oxygens (including phenoxy) is 1. The second kappa shape index (κ2) is 3.71. The van der Waals surface area contributed by atoms with Gasteiger partial charge >= 0.3 is 0 Å². The van der Waals surface area contributed by atoms with E-state index in [0.29, 0.717) is 0 Å². The van der Waals surface area contributed by atoms with Gasteiger partial charge in [-0.15, -0.1) is 0 Å². The maximum Gasteiger partial charge on any atom is 0.0910 e. The molecule has 1 atom stereocenters. The molecule has 1 saturated heterocycles. The molecule has 0 saturated carbocycles. The Bertz CT molecular complexity index is 292. The third-order valence-electron chi connectivity index (χ3n) is 2.73. The molecule has 1 heterocycles. The lowest BCUT2D eigenvalue weighted by Crippen LogP contribution is -2.59. The highest BCUT2D eigenvalue weighted by Gasteiger charge is 2.34. The molecule has 1 aromatic rings. The van der Waals surface area contributed by atoms with E-state index in [-0.39, 0.29) is 11.7 Å². The SMILES string of the molecule is CC(OC1(C)CNC1)c1ccccc1. The molecular formula is C12H17NO. The van der Waals surface area contributed by atoms with Gasteiger partial charge in [-0.05, 0) is 19.4 Å². The summed E-state index contributed by atoms with van der Waals surface area (Å²) >= 11 is 0. The highest BCUT2D eigenvalue weighted by atomic mass is 16.5. The van der Waals surface area contributed by atoms with E-state index in [1.807, 2.05) is 6.07 Å². The zero-order valence-corrected chi connectivity index (χ0v) is 8.79. The molecule has 1 aromatic carbocycles. The van der Waals surface area contributed by atoms with Gasteiger partial charge < -0.3 is 10.1 Å². The molecule has 1 fully saturated rings. The first kappa shape index (κ1) is 9.69. The van der Waals surface area contributed by atoms with Crippen molar-refractivity contribution in [3.05, 3.63) is 35.9 Å². The van der Waals surface area contributed by atoms with Crippen LogP contribution in [0.15, 0.2) is 30.3 Å². The lowest BCUT2D eigenvalue weighted by Gasteiger charge is -2.41. The van der Waals surface area contributed by atoms with Crippen molar-refractivity contribution < 1.29 is 4.74 Å². The molecule has 0 spiro atoms. The molecule has 2 nitrogen and oxygen atoms in total. The summed E-state index contributed by atoms with van der Waals surface area (Å²) in [5.41, 5.74) is 1.29. The van der Waals surface area contributed by atoms with E-state index in [4.69, 9.17) is 4.74 Å². The second-order valence-electron chi connectivity index (χ2n) is 4.22. The standard InChI is InChI=1S/C12H17NO/c1-10(11-6-4-3-5-7-11)14-12(2)8-13-9-12/h3-7,10,13H,8-9H2,1-2H3. The zero-order chi connectivity index (χ0) is 10.0. The molecule has 1 N–H and O–H groups in total. The van der Waals surface area contributed by atoms with Gasteiger partial charge in [0.05, 0.1) is 11.7 Å². The Hall–Kier alpha value is -0.860. The van der Waals surface area contributed by atoms with Gasteiger partial charge in [-0.1, -0.05) is 30.3 Å². The van der Waals surface area contributed by atoms with Gasteiger partial charge in [0.25, 0.3) is 0 Å². The van der Waals surface area contributed by atoms with Crippen molar-refractivity contribution >= 4 is 0 Å². The van der Waals surface area contributed by atoms with Crippen molar-refractivity contribution in [3.8, 4) is 0 Å². The van der Waals surface area contributed by atoms with Crippen LogP contribution < -0.4 is 5.32 Å². The molecule has 0 aliphatic carbocycles. The molecule has 0 amide bonds. The van der Waals surface area contributed by atoms with Crippen LogP contribution in [0, 0.1) is 0 Å². The van der Waals surface area contributed by atoms with Crippen LogP contribution in [-0.4, -0.2) is 18.7 Å². The minimum absolute atomic E-state index is 0.0370. The highest BCUT2D eigenvalue weighted by molar-refractivity contribution is 5.17. The first-order chi connectivity index (χ1) is 6.70. The predicted molar refractivity (Wildman–Crippen MR) is 57.2 cm³/mol. The van der Waals surface area contributed by atoms with E-state index in [1.54, 1.807) is 0 Å². The fourth-order valence-electron chi connectivity index (χ4n) is 1.78. The van der Waals surface area contributed by atoms with E-state index >= 15 is 0 Å². The quantitative estimate of drug-likeness (QED) is 0.790. The van der Waals surface area contributed by atoms with Crippen LogP contribution in [0.1, 0.15) is 25.5 Å². The van der Waals surface area contributed by atoms with Crippen molar-refractivity contribution in [2.45, 2.75) is 25.6 Å². The van der Waals surface area contributed by atoms with Gasteiger partial charge in [-0.25, -0.2) is 0 Å². The van der Waals surface area contributed by atoms with Crippen molar-refractivity contribution in [3.63, 3.8) is 0 Å². The minimum Gasteiger partial charge on any atom is -0.365 e. The fourth-order valence-corrected chi connectivity index (χ4v) is 1.78. The Morgan fingerprint density at radius 3 is 2.43 bits per heavy atom. The van der Waals surface area contributed by atoms with Crippen LogP contribution in [0.25, 0.3) is 0 Å². The summed E-state index contributed by atoms with van der Waals surface area (Å²) in [6.45, 7) is 6.19. The first-order valence-electron chi connectivity index (χ1n) is 5.13. The van der Waals surface area contributed by atoms with Gasteiger partial charge in [0.2, 0.25) is 0 Å². The Morgan fingerprint density at radius 1 is 1.29 bits per heavy atom. The molecule has 14 heavy (non-hydrogen) atoms. The maximum absolute atomic E-state index is 6.00. The largest absolute Gasteiger partial charge is 0.365 e. The van der Waals surface area contributed by atoms with E-state index < -0.39 is 0 Å². The molecule has 2 heteroatoms. The van der Waals surface area contributed by atoms with Gasteiger partial charge in [-0.2, -0.15) is 0 Å². The second-order valence-corrected chi connectivity index (χ2v) is 4.22. The van der Waals surface area contributed by atoms with Crippen molar-refractivity contribution in [1.82, 2.24) is 5.32 Å². The fraction of sp³-hybridized carbons (Fsp3) is 0.500. The molecule has 2 rings (SSSR count). The summed E-state index contributed by atoms with van der Waals surface area (Å²) in [5.74, 6) is 0. The molecule has 1 aliphatic rings. The van der Waals surface area contributed by atoms with Crippen LogP contribution in [-0.2, 0) is 4.74 Å². The van der Waals surface area contributed by atoms with E-state index in [9.17, 15) is 0 Å². The van der Waals surface area contributed by atoms with Crippen LogP contribution >= 0.6 is 0 Å². The Labute approximate surface area is 85.3 Å². The van der Waals surface area contributed by atoms with Gasteiger partial charge in [-0.3, -0.25) is 0 Å². The molecule has 0 radical (unpaired) electrons. The number of nitrogens with one attached hydrogen (secondary N) is 1. The molecule has 0 bridgehead atoms. The zero-order valence-electron chi connectivity index (χ0n) is 8.79. The van der Waals surface area contributed by atoms with Crippen molar-refractivity contribution in [2.75, 3.05) is 13.1 Å². The molecule has 0 aromatic heterocycles. The van der Waals surface area contributed by atoms with E-state index in [1.165, 1.54) is 5.56 Å². The lowest BCUT2D eigenvalue weighted by molar-refractivity contribution is -0.106. The van der Waals surface area contributed by atoms with Crippen LogP contribution in [0.4, 0.5) is 0 Å². The Morgan fingerprint density at radius 2 is 1.93 bits per heavy atom. The number of rotatable bonds is 3. The Balaban J connectivity index is 1.99. The molecule has 1 unspecified atom stereocenters. The van der Waals surface area contributed by atoms with Gasteiger partial charge in [0, 0.05) is 13.1 Å². The van der Waals surface area contributed by atoms with Gasteiger partial charge in [0.1, 0.15) is 0 Å². The van der Waals surface area contributed by atoms with E-state index in [2.05, 4.69) is 43.4 Å². The average molecular weight is 191 g/mol. The third-order valence-corrected chi connectivity index (χ3v) is 2.73. The molecule has 76 valence electrons. The topological polar surface area (TPSA) is 21.3 Å². The molecular weight excluding hydrogens is 174 g/mol. The summed E-state index contributed by atoms with van der Waals surface area (Å²) in [6.07, 6.45) is 0.184. The minimum atomic E-state index is 0.0370. The van der Waals surface area contributed by atoms with Gasteiger partial charge in [0.15, 0.2) is 0 Å². The summed E-state index contributed by atoms with van der Waals surface area (Å²) < 4.78 is 6.00. The number of hydrogen-bond donors (Lipinski definition) is 1. The third kappa shape index (κ3) is 1.97. The molecule has 1 aliphatic heterocycles. The maximum atomic E-state index is 6.00. The van der Waals surface area contributed by atoms with Crippen molar-refractivity contribution in [2.24, 2.45) is 0 Å². The van der Waals surface area contributed by atoms with Crippen LogP contribution in [0.5, 0.6) is 0 Å². The summed E-state index contributed by atoms with van der Waals surface area (Å²) in [7, 11) is 0. The Kier molecular flexibility index (Phi) is 2.57. The highest BCUT2D eigenvalue weighted by Crippen LogP contribution is 2.25. The summed E-state index contributed by atoms with van der Waals surface area (Å²) in [4.78, 5) is 0. The van der Waals surface area contributed by atoms with E-state index in [0.717, 1.165) is 13.1 Å². The number of benzene rings is 1. The average Bonchev–Trinajstić information content (AvgIpc) is 2.17. The normalized spacial score (nSPS) is 21.3. The smallest absolute Gasteiger partial charge is 0.0910 e. The first-order valence-corrected chi connectivity index (χ1v) is 5.13. The summed E-state index contributed by atoms with van der Waals surface area (Å²) in [5, 5.41) is 3.23.